The second-order valence-electron chi connectivity index (χ2n) is 6.13. The molecule has 1 amide bonds. The van der Waals surface area contributed by atoms with Crippen molar-refractivity contribution >= 4 is 23.3 Å². The monoisotopic (exact) mass is 378 g/mol. The average Bonchev–Trinajstić information content (AvgIpc) is 2.70. The van der Waals surface area contributed by atoms with Gasteiger partial charge in [0, 0.05) is 34.6 Å². The highest BCUT2D eigenvalue weighted by Gasteiger charge is 2.11. The van der Waals surface area contributed by atoms with Gasteiger partial charge in [0.05, 0.1) is 6.42 Å². The van der Waals surface area contributed by atoms with Gasteiger partial charge in [-0.2, -0.15) is 0 Å². The topological polar surface area (TPSA) is 59.1 Å². The Morgan fingerprint density at radius 1 is 0.926 bits per heavy atom. The zero-order chi connectivity index (χ0) is 19.1. The Morgan fingerprint density at radius 2 is 1.67 bits per heavy atom. The van der Waals surface area contributed by atoms with Crippen molar-refractivity contribution in [2.24, 2.45) is 0 Å². The van der Waals surface area contributed by atoms with E-state index in [4.69, 9.17) is 11.6 Å². The highest BCUT2D eigenvalue weighted by atomic mass is 35.5. The van der Waals surface area contributed by atoms with Crippen LogP contribution in [0.3, 0.4) is 0 Å². The zero-order valence-electron chi connectivity index (χ0n) is 14.7. The van der Waals surface area contributed by atoms with Crippen molar-refractivity contribution in [3.05, 3.63) is 100 Å². The molecule has 0 unspecified atom stereocenters. The van der Waals surface area contributed by atoms with Crippen LogP contribution in [0.25, 0.3) is 0 Å². The van der Waals surface area contributed by atoms with Crippen molar-refractivity contribution in [1.29, 1.82) is 0 Å². The van der Waals surface area contributed by atoms with Crippen LogP contribution in [0.2, 0.25) is 5.02 Å². The van der Waals surface area contributed by atoms with Gasteiger partial charge in [0.2, 0.25) is 0 Å². The molecule has 0 radical (unpaired) electrons. The molecule has 0 fully saturated rings. The van der Waals surface area contributed by atoms with Gasteiger partial charge in [-0.05, 0) is 36.2 Å². The Bertz CT molecular complexity index is 925. The van der Waals surface area contributed by atoms with Crippen LogP contribution in [0.15, 0.2) is 72.9 Å². The number of amides is 1. The Balaban J connectivity index is 1.56. The molecule has 1 heterocycles. The number of ketones is 1. The summed E-state index contributed by atoms with van der Waals surface area (Å²) in [6.45, 7) is 0.515. The minimum absolute atomic E-state index is 0.0246. The van der Waals surface area contributed by atoms with Crippen molar-refractivity contribution < 1.29 is 9.59 Å². The third-order valence-electron chi connectivity index (χ3n) is 4.13. The first-order chi connectivity index (χ1) is 13.1. The van der Waals surface area contributed by atoms with E-state index in [-0.39, 0.29) is 18.1 Å². The van der Waals surface area contributed by atoms with Crippen LogP contribution in [0, 0.1) is 0 Å². The number of halogens is 1. The van der Waals surface area contributed by atoms with E-state index >= 15 is 0 Å². The normalized spacial score (nSPS) is 10.4. The van der Waals surface area contributed by atoms with Gasteiger partial charge in [-0.15, -0.1) is 0 Å². The molecule has 5 heteroatoms. The minimum atomic E-state index is -0.181. The highest BCUT2D eigenvalue weighted by Crippen LogP contribution is 2.10. The quantitative estimate of drug-likeness (QED) is 0.629. The molecule has 0 spiro atoms. The lowest BCUT2D eigenvalue weighted by atomic mass is 10.1. The SMILES string of the molecule is O=C(Cc1cc(C(=O)NCCc2ccc(Cl)cc2)ccn1)c1ccccc1. The Morgan fingerprint density at radius 3 is 2.41 bits per heavy atom. The summed E-state index contributed by atoms with van der Waals surface area (Å²) in [4.78, 5) is 28.9. The van der Waals surface area contributed by atoms with Crippen molar-refractivity contribution in [3.63, 3.8) is 0 Å². The molecular formula is C22H19ClN2O2. The summed E-state index contributed by atoms with van der Waals surface area (Å²) < 4.78 is 0. The van der Waals surface area contributed by atoms with Gasteiger partial charge >= 0.3 is 0 Å². The molecule has 0 saturated heterocycles. The number of rotatable bonds is 7. The predicted molar refractivity (Wildman–Crippen MR) is 106 cm³/mol. The fourth-order valence-electron chi connectivity index (χ4n) is 2.68. The second kappa shape index (κ2) is 9.10. The molecule has 0 bridgehead atoms. The summed E-state index contributed by atoms with van der Waals surface area (Å²) in [5.74, 6) is -0.205. The van der Waals surface area contributed by atoms with Gasteiger partial charge in [-0.25, -0.2) is 0 Å². The summed E-state index contributed by atoms with van der Waals surface area (Å²) in [5.41, 5.74) is 2.81. The summed E-state index contributed by atoms with van der Waals surface area (Å²) in [5, 5.41) is 3.58. The molecule has 0 atom stereocenters. The summed E-state index contributed by atoms with van der Waals surface area (Å²) in [7, 11) is 0. The van der Waals surface area contributed by atoms with Gasteiger partial charge in [-0.3, -0.25) is 14.6 Å². The van der Waals surface area contributed by atoms with E-state index < -0.39 is 0 Å². The van der Waals surface area contributed by atoms with Crippen molar-refractivity contribution in [3.8, 4) is 0 Å². The molecule has 3 rings (SSSR count). The van der Waals surface area contributed by atoms with Gasteiger partial charge in [-0.1, -0.05) is 54.1 Å². The lowest BCUT2D eigenvalue weighted by Crippen LogP contribution is -2.26. The molecule has 1 N–H and O–H groups in total. The maximum atomic E-state index is 12.4. The van der Waals surface area contributed by atoms with Crippen LogP contribution >= 0.6 is 11.6 Å². The van der Waals surface area contributed by atoms with Crippen molar-refractivity contribution in [2.45, 2.75) is 12.8 Å². The zero-order valence-corrected chi connectivity index (χ0v) is 15.4. The molecule has 0 saturated carbocycles. The van der Waals surface area contributed by atoms with Crippen LogP contribution in [-0.4, -0.2) is 23.2 Å². The second-order valence-corrected chi connectivity index (χ2v) is 6.57. The Labute approximate surface area is 163 Å². The molecule has 0 aliphatic rings. The first-order valence-corrected chi connectivity index (χ1v) is 9.05. The van der Waals surface area contributed by atoms with Crippen LogP contribution < -0.4 is 5.32 Å². The van der Waals surface area contributed by atoms with Gasteiger partial charge in [0.1, 0.15) is 0 Å². The third-order valence-corrected chi connectivity index (χ3v) is 4.38. The number of hydrogen-bond donors (Lipinski definition) is 1. The van der Waals surface area contributed by atoms with E-state index in [0.717, 1.165) is 5.56 Å². The highest BCUT2D eigenvalue weighted by molar-refractivity contribution is 6.30. The molecule has 1 aromatic heterocycles. The Hall–Kier alpha value is -2.98. The first kappa shape index (κ1) is 18.8. The van der Waals surface area contributed by atoms with Crippen LogP contribution in [0.1, 0.15) is 32.0 Å². The van der Waals surface area contributed by atoms with Crippen molar-refractivity contribution in [1.82, 2.24) is 10.3 Å². The largest absolute Gasteiger partial charge is 0.352 e. The number of Topliss-reactive ketones (excluding diaryl/α,β-unsaturated/α-hetero) is 1. The van der Waals surface area contributed by atoms with E-state index in [0.29, 0.717) is 34.8 Å². The number of nitrogens with zero attached hydrogens (tertiary/aromatic N) is 1. The maximum absolute atomic E-state index is 12.4. The lowest BCUT2D eigenvalue weighted by Gasteiger charge is -2.07. The van der Waals surface area contributed by atoms with Crippen LogP contribution in [-0.2, 0) is 12.8 Å². The van der Waals surface area contributed by atoms with Gasteiger partial charge < -0.3 is 5.32 Å². The lowest BCUT2D eigenvalue weighted by molar-refractivity contribution is 0.0950. The Kier molecular flexibility index (Phi) is 6.34. The summed E-state index contributed by atoms with van der Waals surface area (Å²) >= 11 is 5.87. The number of pyridine rings is 1. The van der Waals surface area contributed by atoms with E-state index in [1.165, 1.54) is 0 Å². The van der Waals surface area contributed by atoms with Crippen LogP contribution in [0.5, 0.6) is 0 Å². The number of benzene rings is 2. The molecule has 0 aliphatic heterocycles. The number of carbonyl (C=O) groups is 2. The smallest absolute Gasteiger partial charge is 0.251 e. The number of nitrogens with one attached hydrogen (secondary N) is 1. The van der Waals surface area contributed by atoms with E-state index in [2.05, 4.69) is 10.3 Å². The average molecular weight is 379 g/mol. The number of carbonyl (C=O) groups excluding carboxylic acids is 2. The fraction of sp³-hybridized carbons (Fsp3) is 0.136. The molecule has 27 heavy (non-hydrogen) atoms. The fourth-order valence-corrected chi connectivity index (χ4v) is 2.81. The molecule has 0 aliphatic carbocycles. The standard InChI is InChI=1S/C22H19ClN2O2/c23-19-8-6-16(7-9-19)10-12-25-22(27)18-11-13-24-20(14-18)15-21(26)17-4-2-1-3-5-17/h1-9,11,13-14H,10,12,15H2,(H,25,27). The molecule has 3 aromatic rings. The van der Waals surface area contributed by atoms with Crippen molar-refractivity contribution in [2.75, 3.05) is 6.54 Å². The van der Waals surface area contributed by atoms with Gasteiger partial charge in [0.25, 0.3) is 5.91 Å². The third kappa shape index (κ3) is 5.50. The summed E-state index contributed by atoms with van der Waals surface area (Å²) in [6, 6.07) is 19.9. The van der Waals surface area contributed by atoms with Gasteiger partial charge in [0.15, 0.2) is 5.78 Å². The van der Waals surface area contributed by atoms with Crippen LogP contribution in [0.4, 0.5) is 0 Å². The maximum Gasteiger partial charge on any atom is 0.251 e. The molecule has 136 valence electrons. The summed E-state index contributed by atoms with van der Waals surface area (Å²) in [6.07, 6.45) is 2.44. The minimum Gasteiger partial charge on any atom is -0.352 e. The predicted octanol–water partition coefficient (Wildman–Crippen LogP) is 4.13. The van der Waals surface area contributed by atoms with E-state index in [1.807, 2.05) is 42.5 Å². The number of aromatic nitrogens is 1. The molecule has 2 aromatic carbocycles. The van der Waals surface area contributed by atoms with E-state index in [9.17, 15) is 9.59 Å². The molecular weight excluding hydrogens is 360 g/mol. The van der Waals surface area contributed by atoms with E-state index in [1.54, 1.807) is 30.5 Å². The first-order valence-electron chi connectivity index (χ1n) is 8.67. The molecule has 4 nitrogen and oxygen atoms in total. The number of hydrogen-bond acceptors (Lipinski definition) is 3.